The second-order valence-corrected chi connectivity index (χ2v) is 5.11. The molecule has 1 fully saturated rings. The Labute approximate surface area is 108 Å². The fraction of sp³-hybridized carbons (Fsp3) is 0.0769. The van der Waals surface area contributed by atoms with Gasteiger partial charge in [-0.1, -0.05) is 6.07 Å². The molecule has 0 aliphatic carbocycles. The van der Waals surface area contributed by atoms with E-state index in [0.29, 0.717) is 4.91 Å². The highest BCUT2D eigenvalue weighted by molar-refractivity contribution is 8.18. The van der Waals surface area contributed by atoms with Gasteiger partial charge in [-0.15, -0.1) is 0 Å². The van der Waals surface area contributed by atoms with E-state index in [1.54, 1.807) is 6.08 Å². The SMILES string of the molecule is Cn1ccc2cc(/C=C3\SC(=O)NC3=O)ccc21. The Bertz CT molecular complexity index is 700. The summed E-state index contributed by atoms with van der Waals surface area (Å²) in [6.07, 6.45) is 3.72. The zero-order chi connectivity index (χ0) is 12.7. The molecule has 1 aliphatic rings. The summed E-state index contributed by atoms with van der Waals surface area (Å²) >= 11 is 0.935. The number of hydrogen-bond acceptors (Lipinski definition) is 3. The molecule has 1 saturated heterocycles. The third-order valence-electron chi connectivity index (χ3n) is 2.85. The maximum atomic E-state index is 11.4. The van der Waals surface area contributed by atoms with E-state index in [1.165, 1.54) is 0 Å². The molecule has 4 nitrogen and oxygen atoms in total. The molecule has 1 aromatic heterocycles. The Balaban J connectivity index is 2.02. The van der Waals surface area contributed by atoms with Crippen molar-refractivity contribution >= 4 is 39.9 Å². The van der Waals surface area contributed by atoms with Crippen LogP contribution in [-0.2, 0) is 11.8 Å². The molecule has 2 aromatic rings. The highest BCUT2D eigenvalue weighted by atomic mass is 32.2. The average molecular weight is 258 g/mol. The van der Waals surface area contributed by atoms with Gasteiger partial charge in [0, 0.05) is 24.1 Å². The first-order chi connectivity index (χ1) is 8.63. The normalized spacial score (nSPS) is 17.7. The maximum Gasteiger partial charge on any atom is 0.290 e. The molecule has 0 unspecified atom stereocenters. The van der Waals surface area contributed by atoms with Gasteiger partial charge >= 0.3 is 0 Å². The van der Waals surface area contributed by atoms with Crippen LogP contribution in [0, 0.1) is 0 Å². The van der Waals surface area contributed by atoms with Crippen LogP contribution in [0.2, 0.25) is 0 Å². The highest BCUT2D eigenvalue weighted by Crippen LogP contribution is 2.26. The van der Waals surface area contributed by atoms with E-state index in [9.17, 15) is 9.59 Å². The summed E-state index contributed by atoms with van der Waals surface area (Å²) in [5.41, 5.74) is 2.05. The third kappa shape index (κ3) is 1.82. The highest BCUT2D eigenvalue weighted by Gasteiger charge is 2.24. The number of thioether (sulfide) groups is 1. The van der Waals surface area contributed by atoms with Crippen molar-refractivity contribution in [2.24, 2.45) is 7.05 Å². The van der Waals surface area contributed by atoms with E-state index in [-0.39, 0.29) is 11.1 Å². The summed E-state index contributed by atoms with van der Waals surface area (Å²) in [5, 5.41) is 3.04. The smallest absolute Gasteiger partial charge is 0.290 e. The molecule has 0 bridgehead atoms. The number of nitrogens with zero attached hydrogens (tertiary/aromatic N) is 1. The number of carbonyl (C=O) groups excluding carboxylic acids is 2. The predicted octanol–water partition coefficient (Wildman–Crippen LogP) is 2.50. The molecule has 0 spiro atoms. The minimum atomic E-state index is -0.321. The number of imide groups is 1. The maximum absolute atomic E-state index is 11.4. The molecule has 0 radical (unpaired) electrons. The fourth-order valence-electron chi connectivity index (χ4n) is 1.96. The second kappa shape index (κ2) is 4.03. The number of nitrogens with one attached hydrogen (secondary N) is 1. The fourth-order valence-corrected chi connectivity index (χ4v) is 2.64. The Morgan fingerprint density at radius 1 is 1.28 bits per heavy atom. The van der Waals surface area contributed by atoms with Gasteiger partial charge in [-0.25, -0.2) is 0 Å². The molecular weight excluding hydrogens is 248 g/mol. The third-order valence-corrected chi connectivity index (χ3v) is 3.66. The van der Waals surface area contributed by atoms with Gasteiger partial charge in [-0.05, 0) is 41.6 Å². The lowest BCUT2D eigenvalue weighted by molar-refractivity contribution is -0.115. The molecule has 1 aliphatic heterocycles. The van der Waals surface area contributed by atoms with Gasteiger partial charge in [0.1, 0.15) is 0 Å². The molecular formula is C13H10N2O2S. The molecule has 3 rings (SSSR count). The zero-order valence-electron chi connectivity index (χ0n) is 9.64. The van der Waals surface area contributed by atoms with Crippen molar-refractivity contribution in [2.45, 2.75) is 0 Å². The van der Waals surface area contributed by atoms with Crippen LogP contribution in [0.1, 0.15) is 5.56 Å². The molecule has 2 amide bonds. The molecule has 2 heterocycles. The van der Waals surface area contributed by atoms with E-state index in [1.807, 2.05) is 42.1 Å². The zero-order valence-corrected chi connectivity index (χ0v) is 10.5. The van der Waals surface area contributed by atoms with Crippen LogP contribution in [-0.4, -0.2) is 15.7 Å². The van der Waals surface area contributed by atoms with Crippen molar-refractivity contribution in [1.82, 2.24) is 9.88 Å². The van der Waals surface area contributed by atoms with E-state index >= 15 is 0 Å². The van der Waals surface area contributed by atoms with Crippen molar-refractivity contribution in [3.63, 3.8) is 0 Å². The van der Waals surface area contributed by atoms with Crippen LogP contribution < -0.4 is 5.32 Å². The molecule has 18 heavy (non-hydrogen) atoms. The van der Waals surface area contributed by atoms with Gasteiger partial charge in [0.05, 0.1) is 4.91 Å². The van der Waals surface area contributed by atoms with E-state index in [4.69, 9.17) is 0 Å². The summed E-state index contributed by atoms with van der Waals surface area (Å²) < 4.78 is 2.03. The largest absolute Gasteiger partial charge is 0.351 e. The van der Waals surface area contributed by atoms with Crippen molar-refractivity contribution in [3.8, 4) is 0 Å². The van der Waals surface area contributed by atoms with Crippen molar-refractivity contribution < 1.29 is 9.59 Å². The van der Waals surface area contributed by atoms with Gasteiger partial charge in [-0.2, -0.15) is 0 Å². The first-order valence-electron chi connectivity index (χ1n) is 5.43. The Kier molecular flexibility index (Phi) is 2.48. The van der Waals surface area contributed by atoms with Crippen molar-refractivity contribution in [2.75, 3.05) is 0 Å². The average Bonchev–Trinajstić information content (AvgIpc) is 2.84. The lowest BCUT2D eigenvalue weighted by Gasteiger charge is -1.98. The van der Waals surface area contributed by atoms with Crippen LogP contribution in [0.4, 0.5) is 4.79 Å². The van der Waals surface area contributed by atoms with Crippen LogP contribution in [0.3, 0.4) is 0 Å². The molecule has 0 atom stereocenters. The molecule has 5 heteroatoms. The number of fused-ring (bicyclic) bond motifs is 1. The van der Waals surface area contributed by atoms with Gasteiger partial charge in [0.25, 0.3) is 11.1 Å². The Morgan fingerprint density at radius 2 is 2.11 bits per heavy atom. The standard InChI is InChI=1S/C13H10N2O2S/c1-15-5-4-9-6-8(2-3-10(9)15)7-11-12(16)14-13(17)18-11/h2-7H,1H3,(H,14,16,17)/b11-7-. The molecule has 0 saturated carbocycles. The van der Waals surface area contributed by atoms with Crippen LogP contribution >= 0.6 is 11.8 Å². The number of carbonyl (C=O) groups is 2. The van der Waals surface area contributed by atoms with Gasteiger partial charge in [0.2, 0.25) is 0 Å². The number of aromatic nitrogens is 1. The minimum Gasteiger partial charge on any atom is -0.351 e. The number of aryl methyl sites for hydroxylation is 1. The number of benzene rings is 1. The van der Waals surface area contributed by atoms with E-state index < -0.39 is 0 Å². The number of rotatable bonds is 1. The van der Waals surface area contributed by atoms with Crippen molar-refractivity contribution in [1.29, 1.82) is 0 Å². The predicted molar refractivity (Wildman–Crippen MR) is 72.0 cm³/mol. The Hall–Kier alpha value is -2.01. The van der Waals surface area contributed by atoms with Gasteiger partial charge in [0.15, 0.2) is 0 Å². The molecule has 1 aromatic carbocycles. The summed E-state index contributed by atoms with van der Waals surface area (Å²) in [6.45, 7) is 0. The summed E-state index contributed by atoms with van der Waals surface area (Å²) in [7, 11) is 1.99. The van der Waals surface area contributed by atoms with Gasteiger partial charge < -0.3 is 4.57 Å². The number of hydrogen-bond donors (Lipinski definition) is 1. The first kappa shape index (κ1) is 11.1. The molecule has 90 valence electrons. The van der Waals surface area contributed by atoms with Gasteiger partial charge in [-0.3, -0.25) is 14.9 Å². The lowest BCUT2D eigenvalue weighted by atomic mass is 10.1. The minimum absolute atomic E-state index is 0.313. The monoisotopic (exact) mass is 258 g/mol. The van der Waals surface area contributed by atoms with Crippen LogP contribution in [0.25, 0.3) is 17.0 Å². The first-order valence-corrected chi connectivity index (χ1v) is 6.25. The summed E-state index contributed by atoms with van der Waals surface area (Å²) in [5.74, 6) is -0.321. The summed E-state index contributed by atoms with van der Waals surface area (Å²) in [6, 6.07) is 7.95. The number of amides is 2. The summed E-state index contributed by atoms with van der Waals surface area (Å²) in [4.78, 5) is 22.9. The van der Waals surface area contributed by atoms with Crippen LogP contribution in [0.15, 0.2) is 35.4 Å². The van der Waals surface area contributed by atoms with E-state index in [2.05, 4.69) is 5.32 Å². The topological polar surface area (TPSA) is 51.1 Å². The van der Waals surface area contributed by atoms with Crippen molar-refractivity contribution in [3.05, 3.63) is 40.9 Å². The lowest BCUT2D eigenvalue weighted by Crippen LogP contribution is -2.17. The van der Waals surface area contributed by atoms with E-state index in [0.717, 1.165) is 28.2 Å². The van der Waals surface area contributed by atoms with Crippen LogP contribution in [0.5, 0.6) is 0 Å². The second-order valence-electron chi connectivity index (χ2n) is 4.10. The quantitative estimate of drug-likeness (QED) is 0.799. The Morgan fingerprint density at radius 3 is 2.83 bits per heavy atom. The molecule has 1 N–H and O–H groups in total.